The minimum absolute atomic E-state index is 0.0220. The summed E-state index contributed by atoms with van der Waals surface area (Å²) in [6.07, 6.45) is 1.01. The number of carbonyl (C=O) groups excluding carboxylic acids is 1. The van der Waals surface area contributed by atoms with Crippen molar-refractivity contribution in [1.82, 2.24) is 5.32 Å². The van der Waals surface area contributed by atoms with E-state index >= 15 is 0 Å². The van der Waals surface area contributed by atoms with E-state index < -0.39 is 0 Å². The third kappa shape index (κ3) is 3.71. The SMILES string of the molecule is COC(CN)CC(=O)NCC1CCOc2ccccc21. The van der Waals surface area contributed by atoms with Crippen molar-refractivity contribution >= 4 is 5.91 Å². The Labute approximate surface area is 119 Å². The largest absolute Gasteiger partial charge is 0.493 e. The highest BCUT2D eigenvalue weighted by molar-refractivity contribution is 5.76. The molecule has 110 valence electrons. The number of methoxy groups -OCH3 is 1. The third-order valence-electron chi connectivity index (χ3n) is 3.64. The summed E-state index contributed by atoms with van der Waals surface area (Å²) < 4.78 is 10.7. The lowest BCUT2D eigenvalue weighted by atomic mass is 9.93. The molecule has 1 amide bonds. The molecule has 2 unspecified atom stereocenters. The molecule has 0 aromatic heterocycles. The summed E-state index contributed by atoms with van der Waals surface area (Å²) in [5, 5.41) is 2.96. The molecule has 1 aliphatic heterocycles. The number of hydrogen-bond acceptors (Lipinski definition) is 4. The van der Waals surface area contributed by atoms with E-state index in [1.165, 1.54) is 5.56 Å². The van der Waals surface area contributed by atoms with Crippen LogP contribution >= 0.6 is 0 Å². The molecule has 0 spiro atoms. The van der Waals surface area contributed by atoms with E-state index in [-0.39, 0.29) is 12.0 Å². The van der Waals surface area contributed by atoms with Gasteiger partial charge < -0.3 is 20.5 Å². The molecule has 0 saturated heterocycles. The van der Waals surface area contributed by atoms with Gasteiger partial charge in [0, 0.05) is 26.1 Å². The van der Waals surface area contributed by atoms with Crippen molar-refractivity contribution in [3.63, 3.8) is 0 Å². The van der Waals surface area contributed by atoms with Crippen LogP contribution in [0.15, 0.2) is 24.3 Å². The Morgan fingerprint density at radius 1 is 1.55 bits per heavy atom. The standard InChI is InChI=1S/C15H22N2O3/c1-19-12(9-16)8-15(18)17-10-11-6-7-20-14-5-3-2-4-13(11)14/h2-5,11-12H,6-10,16H2,1H3,(H,17,18). The van der Waals surface area contributed by atoms with Crippen molar-refractivity contribution in [2.45, 2.75) is 24.9 Å². The monoisotopic (exact) mass is 278 g/mol. The quantitative estimate of drug-likeness (QED) is 0.815. The van der Waals surface area contributed by atoms with Crippen molar-refractivity contribution in [3.05, 3.63) is 29.8 Å². The Balaban J connectivity index is 1.87. The van der Waals surface area contributed by atoms with Gasteiger partial charge in [-0.25, -0.2) is 0 Å². The predicted molar refractivity (Wildman–Crippen MR) is 76.8 cm³/mol. The molecule has 5 nitrogen and oxygen atoms in total. The number of amides is 1. The second kappa shape index (κ2) is 7.26. The van der Waals surface area contributed by atoms with E-state index in [2.05, 4.69) is 11.4 Å². The highest BCUT2D eigenvalue weighted by atomic mass is 16.5. The smallest absolute Gasteiger partial charge is 0.222 e. The van der Waals surface area contributed by atoms with Crippen molar-refractivity contribution in [2.75, 3.05) is 26.8 Å². The fourth-order valence-electron chi connectivity index (χ4n) is 2.41. The first kappa shape index (κ1) is 14.8. The minimum atomic E-state index is -0.211. The van der Waals surface area contributed by atoms with Crippen LogP contribution in [-0.4, -0.2) is 38.8 Å². The Bertz CT molecular complexity index is 446. The Hall–Kier alpha value is -1.59. The zero-order chi connectivity index (χ0) is 14.4. The van der Waals surface area contributed by atoms with Crippen LogP contribution in [0, 0.1) is 0 Å². The molecular formula is C15H22N2O3. The summed E-state index contributed by atoms with van der Waals surface area (Å²) in [7, 11) is 1.57. The number of para-hydroxylation sites is 1. The molecule has 3 N–H and O–H groups in total. The maximum Gasteiger partial charge on any atom is 0.222 e. The number of rotatable bonds is 6. The van der Waals surface area contributed by atoms with E-state index in [9.17, 15) is 4.79 Å². The first-order valence-electron chi connectivity index (χ1n) is 6.96. The lowest BCUT2D eigenvalue weighted by Crippen LogP contribution is -2.35. The van der Waals surface area contributed by atoms with Crippen LogP contribution in [0.25, 0.3) is 0 Å². The fraction of sp³-hybridized carbons (Fsp3) is 0.533. The van der Waals surface area contributed by atoms with E-state index in [4.69, 9.17) is 15.2 Å². The van der Waals surface area contributed by atoms with Gasteiger partial charge in [-0.15, -0.1) is 0 Å². The van der Waals surface area contributed by atoms with Gasteiger partial charge >= 0.3 is 0 Å². The zero-order valence-corrected chi connectivity index (χ0v) is 11.8. The summed E-state index contributed by atoms with van der Waals surface area (Å²) in [5.41, 5.74) is 6.68. The third-order valence-corrected chi connectivity index (χ3v) is 3.64. The van der Waals surface area contributed by atoms with Gasteiger partial charge in [-0.05, 0) is 18.1 Å². The normalized spacial score (nSPS) is 18.8. The van der Waals surface area contributed by atoms with E-state index in [1.54, 1.807) is 7.11 Å². The summed E-state index contributed by atoms with van der Waals surface area (Å²) >= 11 is 0. The fourth-order valence-corrected chi connectivity index (χ4v) is 2.41. The molecule has 0 saturated carbocycles. The van der Waals surface area contributed by atoms with Gasteiger partial charge in [0.25, 0.3) is 0 Å². The molecule has 0 fully saturated rings. The van der Waals surface area contributed by atoms with Crippen LogP contribution in [0.3, 0.4) is 0 Å². The van der Waals surface area contributed by atoms with Crippen LogP contribution in [0.5, 0.6) is 5.75 Å². The van der Waals surface area contributed by atoms with Gasteiger partial charge in [-0.2, -0.15) is 0 Å². The first-order valence-corrected chi connectivity index (χ1v) is 6.96. The zero-order valence-electron chi connectivity index (χ0n) is 11.8. The van der Waals surface area contributed by atoms with Gasteiger partial charge in [0.05, 0.1) is 19.1 Å². The average Bonchev–Trinajstić information content (AvgIpc) is 2.50. The Kier molecular flexibility index (Phi) is 5.38. The van der Waals surface area contributed by atoms with Gasteiger partial charge in [-0.3, -0.25) is 4.79 Å². The lowest BCUT2D eigenvalue weighted by Gasteiger charge is -2.26. The molecule has 5 heteroatoms. The van der Waals surface area contributed by atoms with Gasteiger partial charge in [-0.1, -0.05) is 18.2 Å². The van der Waals surface area contributed by atoms with Crippen molar-refractivity contribution in [1.29, 1.82) is 0 Å². The number of ether oxygens (including phenoxy) is 2. The number of carbonyl (C=O) groups is 1. The van der Waals surface area contributed by atoms with Crippen molar-refractivity contribution < 1.29 is 14.3 Å². The Morgan fingerprint density at radius 2 is 2.35 bits per heavy atom. The molecule has 0 aliphatic carbocycles. The van der Waals surface area contributed by atoms with Crippen LogP contribution < -0.4 is 15.8 Å². The molecule has 1 aliphatic rings. The number of hydrogen-bond donors (Lipinski definition) is 2. The van der Waals surface area contributed by atoms with Gasteiger partial charge in [0.2, 0.25) is 5.91 Å². The molecule has 0 radical (unpaired) electrons. The van der Waals surface area contributed by atoms with Crippen molar-refractivity contribution in [3.8, 4) is 5.75 Å². The van der Waals surface area contributed by atoms with Crippen LogP contribution in [0.1, 0.15) is 24.3 Å². The number of benzene rings is 1. The van der Waals surface area contributed by atoms with Crippen LogP contribution in [0.4, 0.5) is 0 Å². The molecular weight excluding hydrogens is 256 g/mol. The second-order valence-electron chi connectivity index (χ2n) is 4.97. The molecule has 2 atom stereocenters. The van der Waals surface area contributed by atoms with Gasteiger partial charge in [0.15, 0.2) is 0 Å². The highest BCUT2D eigenvalue weighted by Gasteiger charge is 2.21. The molecule has 20 heavy (non-hydrogen) atoms. The minimum Gasteiger partial charge on any atom is -0.493 e. The van der Waals surface area contributed by atoms with E-state index in [0.29, 0.717) is 32.0 Å². The van der Waals surface area contributed by atoms with Crippen molar-refractivity contribution in [2.24, 2.45) is 5.73 Å². The van der Waals surface area contributed by atoms with Crippen LogP contribution in [-0.2, 0) is 9.53 Å². The molecule has 1 aromatic carbocycles. The number of nitrogens with two attached hydrogens (primary N) is 1. The summed E-state index contributed by atoms with van der Waals surface area (Å²) in [5.74, 6) is 1.21. The molecule has 1 heterocycles. The molecule has 2 rings (SSSR count). The second-order valence-corrected chi connectivity index (χ2v) is 4.97. The van der Waals surface area contributed by atoms with E-state index in [1.807, 2.05) is 18.2 Å². The maximum absolute atomic E-state index is 11.8. The van der Waals surface area contributed by atoms with Gasteiger partial charge in [0.1, 0.15) is 5.75 Å². The van der Waals surface area contributed by atoms with Crippen LogP contribution in [0.2, 0.25) is 0 Å². The number of fused-ring (bicyclic) bond motifs is 1. The highest BCUT2D eigenvalue weighted by Crippen LogP contribution is 2.32. The maximum atomic E-state index is 11.8. The molecule has 0 bridgehead atoms. The van der Waals surface area contributed by atoms with E-state index in [0.717, 1.165) is 12.2 Å². The topological polar surface area (TPSA) is 73.6 Å². The summed E-state index contributed by atoms with van der Waals surface area (Å²) in [6, 6.07) is 7.99. The Morgan fingerprint density at radius 3 is 3.10 bits per heavy atom. The lowest BCUT2D eigenvalue weighted by molar-refractivity contribution is -0.123. The summed E-state index contributed by atoms with van der Waals surface area (Å²) in [6.45, 7) is 1.67. The predicted octanol–water partition coefficient (Wildman–Crippen LogP) is 1.03. The number of nitrogens with one attached hydrogen (secondary N) is 1. The first-order chi connectivity index (χ1) is 9.74. The average molecular weight is 278 g/mol. The summed E-state index contributed by atoms with van der Waals surface area (Å²) in [4.78, 5) is 11.8. The molecule has 1 aromatic rings.